The van der Waals surface area contributed by atoms with Gasteiger partial charge in [-0.15, -0.1) is 0 Å². The third kappa shape index (κ3) is 1.97. The molecule has 0 amide bonds. The van der Waals surface area contributed by atoms with Gasteiger partial charge in [0.05, 0.1) is 8.36 Å². The SMILES string of the molecule is O=[SH](Cl)(Cl)c1ccccc1. The Labute approximate surface area is 69.4 Å². The Balaban J connectivity index is 3.09. The first-order valence-electron chi connectivity index (χ1n) is 2.65. The van der Waals surface area contributed by atoms with Gasteiger partial charge in [-0.1, -0.05) is 18.2 Å². The predicted molar refractivity (Wildman–Crippen MR) is 46.0 cm³/mol. The van der Waals surface area contributed by atoms with Gasteiger partial charge >= 0.3 is 0 Å². The van der Waals surface area contributed by atoms with Crippen molar-refractivity contribution in [3.05, 3.63) is 30.3 Å². The minimum Gasteiger partial charge on any atom is -0.252 e. The summed E-state index contributed by atoms with van der Waals surface area (Å²) in [5.41, 5.74) is 0. The zero-order valence-electron chi connectivity index (χ0n) is 5.00. The molecule has 0 aliphatic carbocycles. The number of rotatable bonds is 1. The molecule has 1 aromatic rings. The fourth-order valence-corrected chi connectivity index (χ4v) is 1.80. The molecule has 0 atom stereocenters. The summed E-state index contributed by atoms with van der Waals surface area (Å²) in [6.07, 6.45) is 0. The number of benzene rings is 1. The van der Waals surface area contributed by atoms with Gasteiger partial charge in [0.25, 0.3) is 0 Å². The zero-order valence-corrected chi connectivity index (χ0v) is 7.40. The highest BCUT2D eigenvalue weighted by Crippen LogP contribution is 2.26. The van der Waals surface area contributed by atoms with Crippen molar-refractivity contribution in [3.63, 3.8) is 0 Å². The molecule has 4 heteroatoms. The molecule has 56 valence electrons. The summed E-state index contributed by atoms with van der Waals surface area (Å²) in [7, 11) is 7.69. The molecule has 0 fully saturated rings. The maximum Gasteiger partial charge on any atom is 0.0574 e. The van der Waals surface area contributed by atoms with Crippen LogP contribution in [0.15, 0.2) is 35.2 Å². The molecule has 0 unspecified atom stereocenters. The van der Waals surface area contributed by atoms with E-state index in [-0.39, 0.29) is 0 Å². The normalized spacial score (nSPS) is 13.0. The van der Waals surface area contributed by atoms with Crippen LogP contribution in [-0.4, -0.2) is 4.21 Å². The smallest absolute Gasteiger partial charge is 0.0574 e. The van der Waals surface area contributed by atoms with E-state index >= 15 is 0 Å². The highest BCUT2D eigenvalue weighted by atomic mass is 36.0. The van der Waals surface area contributed by atoms with Gasteiger partial charge in [0, 0.05) is 4.90 Å². The van der Waals surface area contributed by atoms with E-state index in [1.807, 2.05) is 6.07 Å². The summed E-state index contributed by atoms with van der Waals surface area (Å²) >= 11 is 0. The van der Waals surface area contributed by atoms with Crippen LogP contribution >= 0.6 is 21.4 Å². The molecule has 0 aromatic heterocycles. The second-order valence-electron chi connectivity index (χ2n) is 1.80. The van der Waals surface area contributed by atoms with Crippen LogP contribution in [0.5, 0.6) is 0 Å². The van der Waals surface area contributed by atoms with Crippen LogP contribution in [0.1, 0.15) is 0 Å². The Kier molecular flexibility index (Phi) is 2.34. The van der Waals surface area contributed by atoms with Gasteiger partial charge in [-0.25, -0.2) is 0 Å². The number of halogens is 2. The van der Waals surface area contributed by atoms with Gasteiger partial charge in [-0.05, 0) is 33.5 Å². The van der Waals surface area contributed by atoms with E-state index in [1.54, 1.807) is 24.3 Å². The van der Waals surface area contributed by atoms with Crippen LogP contribution in [0, 0.1) is 0 Å². The van der Waals surface area contributed by atoms with Crippen LogP contribution in [0.2, 0.25) is 0 Å². The Morgan fingerprint density at radius 3 is 1.90 bits per heavy atom. The Morgan fingerprint density at radius 2 is 1.60 bits per heavy atom. The summed E-state index contributed by atoms with van der Waals surface area (Å²) in [6.45, 7) is 0. The lowest BCUT2D eigenvalue weighted by Gasteiger charge is -2.04. The number of thiol groups is 1. The van der Waals surface area contributed by atoms with Gasteiger partial charge < -0.3 is 0 Å². The first-order valence-corrected chi connectivity index (χ1v) is 6.17. The van der Waals surface area contributed by atoms with Crippen molar-refractivity contribution < 1.29 is 4.21 Å². The van der Waals surface area contributed by atoms with Crippen molar-refractivity contribution >= 4 is 29.7 Å². The van der Waals surface area contributed by atoms with Gasteiger partial charge in [0.2, 0.25) is 0 Å². The molecule has 0 radical (unpaired) electrons. The third-order valence-corrected chi connectivity index (χ3v) is 3.13. The molecular weight excluding hydrogens is 191 g/mol. The first-order chi connectivity index (χ1) is 4.61. The lowest BCUT2D eigenvalue weighted by molar-refractivity contribution is 0.688. The fourth-order valence-electron chi connectivity index (χ4n) is 0.602. The number of hydrogen-bond donors (Lipinski definition) is 1. The second kappa shape index (κ2) is 2.91. The van der Waals surface area contributed by atoms with Gasteiger partial charge in [-0.2, -0.15) is 0 Å². The summed E-state index contributed by atoms with van der Waals surface area (Å²) < 4.78 is 10.9. The summed E-state index contributed by atoms with van der Waals surface area (Å²) in [5.74, 6) is 0. The van der Waals surface area contributed by atoms with E-state index < -0.39 is 8.36 Å². The molecule has 0 saturated carbocycles. The first kappa shape index (κ1) is 8.05. The molecular formula is C6H6Cl2OS. The molecule has 1 nitrogen and oxygen atoms in total. The van der Waals surface area contributed by atoms with Crippen LogP contribution in [0.25, 0.3) is 0 Å². The van der Waals surface area contributed by atoms with Crippen LogP contribution < -0.4 is 0 Å². The van der Waals surface area contributed by atoms with Crippen molar-refractivity contribution in [1.29, 1.82) is 0 Å². The quantitative estimate of drug-likeness (QED) is 0.540. The van der Waals surface area contributed by atoms with E-state index in [1.165, 1.54) is 0 Å². The molecule has 0 aliphatic heterocycles. The highest BCUT2D eigenvalue weighted by Gasteiger charge is 2.06. The minimum absolute atomic E-state index is 0.485. The second-order valence-corrected chi connectivity index (χ2v) is 6.61. The Hall–Kier alpha value is -0.0500. The monoisotopic (exact) mass is 196 g/mol. The highest BCUT2D eigenvalue weighted by molar-refractivity contribution is 8.40. The van der Waals surface area contributed by atoms with Gasteiger partial charge in [0.1, 0.15) is 0 Å². The predicted octanol–water partition coefficient (Wildman–Crippen LogP) is 2.37. The summed E-state index contributed by atoms with van der Waals surface area (Å²) in [5, 5.41) is 0. The minimum atomic E-state index is -3.07. The van der Waals surface area contributed by atoms with Crippen LogP contribution in [0.4, 0.5) is 0 Å². The van der Waals surface area contributed by atoms with Crippen molar-refractivity contribution in [2.24, 2.45) is 0 Å². The topological polar surface area (TPSA) is 17.1 Å². The average Bonchev–Trinajstić information content (AvgIpc) is 1.88. The lowest BCUT2D eigenvalue weighted by atomic mass is 10.4. The summed E-state index contributed by atoms with van der Waals surface area (Å²) in [4.78, 5) is 0.485. The van der Waals surface area contributed by atoms with Crippen LogP contribution in [0.3, 0.4) is 0 Å². The average molecular weight is 197 g/mol. The molecule has 1 aromatic carbocycles. The third-order valence-electron chi connectivity index (χ3n) is 1.06. The van der Waals surface area contributed by atoms with E-state index in [2.05, 4.69) is 0 Å². The zero-order chi connectivity index (χ0) is 7.61. The standard InChI is InChI=1S/C6H6Cl2OS/c7-10(8,9)6-4-2-1-3-5-6/h1-5,10H. The molecule has 10 heavy (non-hydrogen) atoms. The molecule has 0 spiro atoms. The Morgan fingerprint density at radius 1 is 1.10 bits per heavy atom. The van der Waals surface area contributed by atoms with Crippen LogP contribution in [-0.2, 0) is 8.36 Å². The summed E-state index contributed by atoms with van der Waals surface area (Å²) in [6, 6.07) is 8.58. The number of hydrogen-bond acceptors (Lipinski definition) is 1. The van der Waals surface area contributed by atoms with Gasteiger partial charge in [-0.3, -0.25) is 4.21 Å². The van der Waals surface area contributed by atoms with E-state index in [9.17, 15) is 4.21 Å². The fraction of sp³-hybridized carbons (Fsp3) is 0. The molecule has 0 aliphatic rings. The van der Waals surface area contributed by atoms with Crippen molar-refractivity contribution in [2.45, 2.75) is 4.90 Å². The maximum atomic E-state index is 10.9. The molecule has 0 bridgehead atoms. The molecule has 0 heterocycles. The maximum absolute atomic E-state index is 10.9. The molecule has 0 saturated heterocycles. The molecule has 1 rings (SSSR count). The van der Waals surface area contributed by atoms with Crippen molar-refractivity contribution in [2.75, 3.05) is 0 Å². The lowest BCUT2D eigenvalue weighted by Crippen LogP contribution is -1.90. The van der Waals surface area contributed by atoms with Gasteiger partial charge in [0.15, 0.2) is 0 Å². The van der Waals surface area contributed by atoms with E-state index in [0.717, 1.165) is 0 Å². The van der Waals surface area contributed by atoms with E-state index in [4.69, 9.17) is 21.4 Å². The largest absolute Gasteiger partial charge is 0.252 e. The Bertz CT molecular complexity index is 254. The molecule has 0 N–H and O–H groups in total. The van der Waals surface area contributed by atoms with Crippen molar-refractivity contribution in [1.82, 2.24) is 0 Å². The van der Waals surface area contributed by atoms with Crippen molar-refractivity contribution in [3.8, 4) is 0 Å². The van der Waals surface area contributed by atoms with E-state index in [0.29, 0.717) is 4.90 Å².